The first-order chi connectivity index (χ1) is 13.5. The van der Waals surface area contributed by atoms with Crippen LogP contribution in [0.3, 0.4) is 0 Å². The summed E-state index contributed by atoms with van der Waals surface area (Å²) in [5.41, 5.74) is 0.361. The fraction of sp³-hybridized carbons (Fsp3) is 0.619. The van der Waals surface area contributed by atoms with Crippen molar-refractivity contribution in [1.82, 2.24) is 4.90 Å². The van der Waals surface area contributed by atoms with E-state index in [9.17, 15) is 9.59 Å². The average molecular weight is 390 g/mol. The maximum atomic E-state index is 13.1. The molecular weight excluding hydrogens is 360 g/mol. The molecule has 0 aliphatic carbocycles. The molecule has 0 aromatic heterocycles. The number of nitrogens with zero attached hydrogens (tertiary/aromatic N) is 1. The Kier molecular flexibility index (Phi) is 6.44. The zero-order valence-corrected chi connectivity index (χ0v) is 17.0. The molecule has 7 heteroatoms. The number of hydrogen-bond acceptors (Lipinski definition) is 5. The maximum absolute atomic E-state index is 13.1. The van der Waals surface area contributed by atoms with Crippen LogP contribution in [-0.4, -0.2) is 57.2 Å². The molecule has 1 aromatic carbocycles. The van der Waals surface area contributed by atoms with Gasteiger partial charge >= 0.3 is 0 Å². The van der Waals surface area contributed by atoms with Gasteiger partial charge in [0.15, 0.2) is 11.5 Å². The molecule has 2 heterocycles. The number of nitrogens with one attached hydrogen (secondary N) is 1. The van der Waals surface area contributed by atoms with E-state index in [1.54, 1.807) is 12.1 Å². The molecule has 154 valence electrons. The van der Waals surface area contributed by atoms with Gasteiger partial charge in [-0.1, -0.05) is 19.3 Å². The van der Waals surface area contributed by atoms with Gasteiger partial charge in [-0.15, -0.1) is 0 Å². The quantitative estimate of drug-likeness (QED) is 0.836. The van der Waals surface area contributed by atoms with Gasteiger partial charge in [0.1, 0.15) is 0 Å². The van der Waals surface area contributed by atoms with Crippen molar-refractivity contribution in [2.24, 2.45) is 5.41 Å². The van der Waals surface area contributed by atoms with E-state index in [1.807, 2.05) is 11.8 Å². The first kappa shape index (κ1) is 20.5. The SMILES string of the molecule is COc1cc(C(=O)N2CCCCCCC2)cc(NC(=O)C2(C)COC2)c1OC. The number of amides is 2. The van der Waals surface area contributed by atoms with Crippen molar-refractivity contribution in [3.05, 3.63) is 17.7 Å². The summed E-state index contributed by atoms with van der Waals surface area (Å²) in [6.45, 7) is 4.12. The Morgan fingerprint density at radius 3 is 2.21 bits per heavy atom. The van der Waals surface area contributed by atoms with E-state index in [4.69, 9.17) is 14.2 Å². The summed E-state index contributed by atoms with van der Waals surface area (Å²) in [5.74, 6) is 0.626. The van der Waals surface area contributed by atoms with Gasteiger partial charge in [0.2, 0.25) is 5.91 Å². The molecule has 2 aliphatic rings. The zero-order chi connectivity index (χ0) is 20.1. The first-order valence-corrected chi connectivity index (χ1v) is 9.93. The van der Waals surface area contributed by atoms with E-state index in [0.29, 0.717) is 36.0 Å². The molecule has 0 unspecified atom stereocenters. The molecule has 2 saturated heterocycles. The minimum absolute atomic E-state index is 0.0449. The topological polar surface area (TPSA) is 77.1 Å². The molecule has 0 bridgehead atoms. The number of rotatable bonds is 5. The molecule has 3 rings (SSSR count). The van der Waals surface area contributed by atoms with E-state index in [-0.39, 0.29) is 11.8 Å². The van der Waals surface area contributed by atoms with E-state index in [1.165, 1.54) is 20.6 Å². The molecule has 2 fully saturated rings. The number of likely N-dealkylation sites (tertiary alicyclic amines) is 1. The van der Waals surface area contributed by atoms with Gasteiger partial charge in [-0.25, -0.2) is 0 Å². The first-order valence-electron chi connectivity index (χ1n) is 9.93. The molecule has 0 radical (unpaired) electrons. The lowest BCUT2D eigenvalue weighted by molar-refractivity contribution is -0.151. The normalized spacial score (nSPS) is 19.0. The van der Waals surface area contributed by atoms with Crippen LogP contribution in [0.5, 0.6) is 11.5 Å². The van der Waals surface area contributed by atoms with E-state index in [2.05, 4.69) is 5.32 Å². The van der Waals surface area contributed by atoms with Gasteiger partial charge in [-0.05, 0) is 31.9 Å². The largest absolute Gasteiger partial charge is 0.493 e. The second kappa shape index (κ2) is 8.82. The van der Waals surface area contributed by atoms with Crippen LogP contribution in [-0.2, 0) is 9.53 Å². The van der Waals surface area contributed by atoms with Crippen molar-refractivity contribution in [2.75, 3.05) is 45.8 Å². The summed E-state index contributed by atoms with van der Waals surface area (Å²) in [4.78, 5) is 27.7. The molecular formula is C21H30N2O5. The summed E-state index contributed by atoms with van der Waals surface area (Å²) in [6, 6.07) is 3.37. The van der Waals surface area contributed by atoms with Crippen molar-refractivity contribution < 1.29 is 23.8 Å². The number of carbonyl (C=O) groups is 2. The number of carbonyl (C=O) groups excluding carboxylic acids is 2. The third kappa shape index (κ3) is 4.24. The highest BCUT2D eigenvalue weighted by Gasteiger charge is 2.41. The van der Waals surface area contributed by atoms with Crippen molar-refractivity contribution >= 4 is 17.5 Å². The Bertz CT molecular complexity index is 722. The number of benzene rings is 1. The molecule has 0 spiro atoms. The Balaban J connectivity index is 1.88. The Morgan fingerprint density at radius 2 is 1.68 bits per heavy atom. The molecule has 7 nitrogen and oxygen atoms in total. The smallest absolute Gasteiger partial charge is 0.254 e. The highest BCUT2D eigenvalue weighted by molar-refractivity contribution is 6.01. The molecule has 0 atom stereocenters. The Hall–Kier alpha value is -2.28. The monoisotopic (exact) mass is 390 g/mol. The van der Waals surface area contributed by atoms with E-state index >= 15 is 0 Å². The van der Waals surface area contributed by atoms with Gasteiger partial charge in [0.05, 0.1) is 38.5 Å². The Morgan fingerprint density at radius 1 is 1.04 bits per heavy atom. The van der Waals surface area contributed by atoms with Gasteiger partial charge in [0.25, 0.3) is 5.91 Å². The van der Waals surface area contributed by atoms with Crippen LogP contribution in [0, 0.1) is 5.41 Å². The molecule has 2 amide bonds. The highest BCUT2D eigenvalue weighted by atomic mass is 16.5. The van der Waals surface area contributed by atoms with E-state index in [0.717, 1.165) is 38.8 Å². The van der Waals surface area contributed by atoms with Crippen molar-refractivity contribution in [3.63, 3.8) is 0 Å². The van der Waals surface area contributed by atoms with Crippen LogP contribution < -0.4 is 14.8 Å². The number of hydrogen-bond donors (Lipinski definition) is 1. The van der Waals surface area contributed by atoms with Crippen LogP contribution >= 0.6 is 0 Å². The predicted molar refractivity (Wildman–Crippen MR) is 106 cm³/mol. The van der Waals surface area contributed by atoms with E-state index < -0.39 is 5.41 Å². The minimum atomic E-state index is -0.568. The van der Waals surface area contributed by atoms with Crippen LogP contribution in [0.2, 0.25) is 0 Å². The van der Waals surface area contributed by atoms with Crippen molar-refractivity contribution in [1.29, 1.82) is 0 Å². The number of ether oxygens (including phenoxy) is 3. The minimum Gasteiger partial charge on any atom is -0.493 e. The highest BCUT2D eigenvalue weighted by Crippen LogP contribution is 2.38. The maximum Gasteiger partial charge on any atom is 0.254 e. The van der Waals surface area contributed by atoms with Crippen LogP contribution in [0.25, 0.3) is 0 Å². The lowest BCUT2D eigenvalue weighted by Crippen LogP contribution is -2.49. The third-order valence-corrected chi connectivity index (χ3v) is 5.51. The lowest BCUT2D eigenvalue weighted by atomic mass is 9.87. The fourth-order valence-electron chi connectivity index (χ4n) is 3.63. The summed E-state index contributed by atoms with van der Waals surface area (Å²) in [7, 11) is 3.04. The Labute approximate surface area is 166 Å². The van der Waals surface area contributed by atoms with Crippen molar-refractivity contribution in [3.8, 4) is 11.5 Å². The second-order valence-corrected chi connectivity index (χ2v) is 7.83. The molecule has 1 aromatic rings. The van der Waals surface area contributed by atoms with Gasteiger partial charge < -0.3 is 24.4 Å². The second-order valence-electron chi connectivity index (χ2n) is 7.83. The van der Waals surface area contributed by atoms with Gasteiger partial charge in [0, 0.05) is 18.7 Å². The van der Waals surface area contributed by atoms with Gasteiger partial charge in [-0.2, -0.15) is 0 Å². The number of anilines is 1. The standard InChI is InChI=1S/C21H30N2O5/c1-21(13-28-14-21)20(25)22-16-11-15(12-17(26-2)18(16)27-3)19(24)23-9-7-5-4-6-8-10-23/h11-12H,4-10,13-14H2,1-3H3,(H,22,25). The molecule has 2 aliphatic heterocycles. The molecule has 28 heavy (non-hydrogen) atoms. The molecule has 0 saturated carbocycles. The number of methoxy groups -OCH3 is 2. The summed E-state index contributed by atoms with van der Waals surface area (Å²) in [6.07, 6.45) is 5.56. The van der Waals surface area contributed by atoms with Crippen LogP contribution in [0.4, 0.5) is 5.69 Å². The lowest BCUT2D eigenvalue weighted by Gasteiger charge is -2.36. The summed E-state index contributed by atoms with van der Waals surface area (Å²) >= 11 is 0. The van der Waals surface area contributed by atoms with Gasteiger partial charge in [-0.3, -0.25) is 9.59 Å². The summed E-state index contributed by atoms with van der Waals surface area (Å²) < 4.78 is 16.1. The van der Waals surface area contributed by atoms with Crippen LogP contribution in [0.15, 0.2) is 12.1 Å². The van der Waals surface area contributed by atoms with Crippen molar-refractivity contribution in [2.45, 2.75) is 39.0 Å². The third-order valence-electron chi connectivity index (χ3n) is 5.51. The average Bonchev–Trinajstić information content (AvgIpc) is 2.64. The zero-order valence-electron chi connectivity index (χ0n) is 17.0. The van der Waals surface area contributed by atoms with Crippen LogP contribution in [0.1, 0.15) is 49.4 Å². The summed E-state index contributed by atoms with van der Waals surface area (Å²) in [5, 5.41) is 2.90. The predicted octanol–water partition coefficient (Wildman–Crippen LogP) is 3.09. The molecule has 1 N–H and O–H groups in total. The fourth-order valence-corrected chi connectivity index (χ4v) is 3.63.